The lowest BCUT2D eigenvalue weighted by Crippen LogP contribution is -2.14. The van der Waals surface area contributed by atoms with Crippen molar-refractivity contribution in [2.75, 3.05) is 6.54 Å². The van der Waals surface area contributed by atoms with Crippen LogP contribution in [0.2, 0.25) is 0 Å². The summed E-state index contributed by atoms with van der Waals surface area (Å²) in [7, 11) is 0. The van der Waals surface area contributed by atoms with Crippen molar-refractivity contribution >= 4 is 0 Å². The second-order valence-electron chi connectivity index (χ2n) is 5.71. The van der Waals surface area contributed by atoms with Crippen molar-refractivity contribution in [2.45, 2.75) is 38.8 Å². The Kier molecular flexibility index (Phi) is 4.85. The summed E-state index contributed by atoms with van der Waals surface area (Å²) in [6.07, 6.45) is 11.6. The number of rotatable bonds is 7. The lowest BCUT2D eigenvalue weighted by molar-refractivity contribution is 0.669. The second-order valence-corrected chi connectivity index (χ2v) is 5.71. The van der Waals surface area contributed by atoms with Crippen molar-refractivity contribution in [1.82, 2.24) is 15.1 Å². The maximum atomic E-state index is 4.43. The summed E-state index contributed by atoms with van der Waals surface area (Å²) >= 11 is 0. The van der Waals surface area contributed by atoms with E-state index in [-0.39, 0.29) is 0 Å². The van der Waals surface area contributed by atoms with Crippen LogP contribution in [0.5, 0.6) is 0 Å². The summed E-state index contributed by atoms with van der Waals surface area (Å²) in [5, 5.41) is 7.94. The van der Waals surface area contributed by atoms with Crippen LogP contribution >= 0.6 is 0 Å². The molecular weight excluding hydrogens is 258 g/mol. The minimum absolute atomic E-state index is 0.841. The molecule has 0 spiro atoms. The van der Waals surface area contributed by atoms with Gasteiger partial charge in [-0.2, -0.15) is 5.10 Å². The monoisotopic (exact) mass is 281 g/mol. The van der Waals surface area contributed by atoms with Crippen molar-refractivity contribution in [3.05, 3.63) is 65.5 Å². The van der Waals surface area contributed by atoms with E-state index in [1.165, 1.54) is 36.8 Å². The number of hydrogen-bond donors (Lipinski definition) is 1. The molecular formula is C18H23N3. The molecule has 1 aromatic carbocycles. The van der Waals surface area contributed by atoms with E-state index in [1.807, 2.05) is 16.9 Å². The third-order valence-corrected chi connectivity index (χ3v) is 3.96. The lowest BCUT2D eigenvalue weighted by Gasteiger charge is -2.04. The van der Waals surface area contributed by atoms with Crippen LogP contribution < -0.4 is 5.32 Å². The highest BCUT2D eigenvalue weighted by Crippen LogP contribution is 2.19. The minimum atomic E-state index is 0.841. The Morgan fingerprint density at radius 2 is 2.05 bits per heavy atom. The SMILES string of the molecule is C1=C(CCNCc2cnn(Cc3ccccc3)c2)CCC1. The van der Waals surface area contributed by atoms with Gasteiger partial charge in [0, 0.05) is 18.3 Å². The molecule has 0 radical (unpaired) electrons. The molecule has 0 aliphatic heterocycles. The van der Waals surface area contributed by atoms with Gasteiger partial charge in [-0.15, -0.1) is 0 Å². The molecule has 110 valence electrons. The Morgan fingerprint density at radius 1 is 1.14 bits per heavy atom. The van der Waals surface area contributed by atoms with E-state index in [0.717, 1.165) is 19.6 Å². The molecule has 0 amide bonds. The molecule has 3 rings (SSSR count). The maximum absolute atomic E-state index is 4.43. The van der Waals surface area contributed by atoms with Gasteiger partial charge in [-0.05, 0) is 37.8 Å². The Balaban J connectivity index is 1.42. The number of benzene rings is 1. The second kappa shape index (κ2) is 7.23. The highest BCUT2D eigenvalue weighted by Gasteiger charge is 2.04. The van der Waals surface area contributed by atoms with Gasteiger partial charge in [-0.25, -0.2) is 0 Å². The zero-order valence-corrected chi connectivity index (χ0v) is 12.5. The number of aromatic nitrogens is 2. The van der Waals surface area contributed by atoms with Gasteiger partial charge in [0.25, 0.3) is 0 Å². The normalized spacial score (nSPS) is 14.4. The summed E-state index contributed by atoms with van der Waals surface area (Å²) < 4.78 is 2.01. The van der Waals surface area contributed by atoms with E-state index in [9.17, 15) is 0 Å². The van der Waals surface area contributed by atoms with Crippen molar-refractivity contribution in [2.24, 2.45) is 0 Å². The van der Waals surface area contributed by atoms with Crippen molar-refractivity contribution < 1.29 is 0 Å². The summed E-state index contributed by atoms with van der Waals surface area (Å²) in [6.45, 7) is 2.81. The van der Waals surface area contributed by atoms with Gasteiger partial charge < -0.3 is 5.32 Å². The smallest absolute Gasteiger partial charge is 0.0659 e. The summed E-state index contributed by atoms with van der Waals surface area (Å²) in [5.74, 6) is 0. The fraction of sp³-hybridized carbons (Fsp3) is 0.389. The first kappa shape index (κ1) is 14.1. The van der Waals surface area contributed by atoms with Crippen LogP contribution in [-0.2, 0) is 13.1 Å². The van der Waals surface area contributed by atoms with Crippen LogP contribution in [0.25, 0.3) is 0 Å². The largest absolute Gasteiger partial charge is 0.312 e. The minimum Gasteiger partial charge on any atom is -0.312 e. The summed E-state index contributed by atoms with van der Waals surface area (Å²) in [4.78, 5) is 0. The third kappa shape index (κ3) is 4.30. The van der Waals surface area contributed by atoms with Crippen LogP contribution in [0.4, 0.5) is 0 Å². The molecule has 1 N–H and O–H groups in total. The van der Waals surface area contributed by atoms with E-state index < -0.39 is 0 Å². The molecule has 2 aromatic rings. The van der Waals surface area contributed by atoms with Crippen molar-refractivity contribution in [3.8, 4) is 0 Å². The molecule has 0 saturated heterocycles. The molecule has 1 heterocycles. The molecule has 21 heavy (non-hydrogen) atoms. The van der Waals surface area contributed by atoms with Gasteiger partial charge in [0.2, 0.25) is 0 Å². The van der Waals surface area contributed by atoms with Crippen molar-refractivity contribution in [1.29, 1.82) is 0 Å². The lowest BCUT2D eigenvalue weighted by atomic mass is 10.2. The number of hydrogen-bond acceptors (Lipinski definition) is 2. The van der Waals surface area contributed by atoms with Crippen molar-refractivity contribution in [3.63, 3.8) is 0 Å². The fourth-order valence-corrected chi connectivity index (χ4v) is 2.80. The van der Waals surface area contributed by atoms with Crippen LogP contribution in [0.3, 0.4) is 0 Å². The van der Waals surface area contributed by atoms with Gasteiger partial charge in [0.05, 0.1) is 12.7 Å². The van der Waals surface area contributed by atoms with E-state index in [2.05, 4.69) is 47.0 Å². The summed E-state index contributed by atoms with van der Waals surface area (Å²) in [6, 6.07) is 10.4. The Bertz CT molecular complexity index is 584. The molecule has 0 unspecified atom stereocenters. The molecule has 0 saturated carbocycles. The molecule has 0 atom stereocenters. The number of allylic oxidation sites excluding steroid dienone is 1. The van der Waals surface area contributed by atoms with Crippen LogP contribution in [0.15, 0.2) is 54.4 Å². The third-order valence-electron chi connectivity index (χ3n) is 3.96. The zero-order valence-electron chi connectivity index (χ0n) is 12.5. The van der Waals surface area contributed by atoms with Gasteiger partial charge >= 0.3 is 0 Å². The average Bonchev–Trinajstić information content (AvgIpc) is 3.17. The van der Waals surface area contributed by atoms with E-state index in [0.29, 0.717) is 0 Å². The van der Waals surface area contributed by atoms with Gasteiger partial charge in [0.15, 0.2) is 0 Å². The van der Waals surface area contributed by atoms with Crippen LogP contribution in [0, 0.1) is 0 Å². The molecule has 1 aliphatic carbocycles. The van der Waals surface area contributed by atoms with Gasteiger partial charge in [-0.3, -0.25) is 4.68 Å². The molecule has 1 aliphatic rings. The standard InChI is InChI=1S/C18H23N3/c1-2-8-17(9-3-1)14-21-15-18(13-20-21)12-19-11-10-16-6-4-5-7-16/h1-3,6,8-9,13,15,19H,4-5,7,10-12,14H2. The highest BCUT2D eigenvalue weighted by atomic mass is 15.3. The molecule has 3 heteroatoms. The van der Waals surface area contributed by atoms with E-state index >= 15 is 0 Å². The Morgan fingerprint density at radius 3 is 2.86 bits per heavy atom. The first-order valence-electron chi connectivity index (χ1n) is 7.84. The highest BCUT2D eigenvalue weighted by molar-refractivity contribution is 5.15. The fourth-order valence-electron chi connectivity index (χ4n) is 2.80. The Labute approximate surface area is 126 Å². The zero-order chi connectivity index (χ0) is 14.3. The maximum Gasteiger partial charge on any atom is 0.0659 e. The Hall–Kier alpha value is -1.87. The first-order valence-corrected chi connectivity index (χ1v) is 7.84. The van der Waals surface area contributed by atoms with Gasteiger partial charge in [-0.1, -0.05) is 42.0 Å². The van der Waals surface area contributed by atoms with Gasteiger partial charge in [0.1, 0.15) is 0 Å². The first-order chi connectivity index (χ1) is 10.4. The molecule has 0 fully saturated rings. The molecule has 1 aromatic heterocycles. The van der Waals surface area contributed by atoms with Crippen LogP contribution in [0.1, 0.15) is 36.8 Å². The number of nitrogens with zero attached hydrogens (tertiary/aromatic N) is 2. The average molecular weight is 281 g/mol. The summed E-state index contributed by atoms with van der Waals surface area (Å²) in [5.41, 5.74) is 4.17. The van der Waals surface area contributed by atoms with Crippen LogP contribution in [-0.4, -0.2) is 16.3 Å². The van der Waals surface area contributed by atoms with E-state index in [1.54, 1.807) is 5.57 Å². The topological polar surface area (TPSA) is 29.9 Å². The van der Waals surface area contributed by atoms with E-state index in [4.69, 9.17) is 0 Å². The predicted molar refractivity (Wildman–Crippen MR) is 86.0 cm³/mol. The molecule has 3 nitrogen and oxygen atoms in total. The molecule has 0 bridgehead atoms. The number of nitrogens with one attached hydrogen (secondary N) is 1. The predicted octanol–water partition coefficient (Wildman–Crippen LogP) is 3.52. The quantitative estimate of drug-likeness (QED) is 0.621.